The van der Waals surface area contributed by atoms with E-state index in [0.29, 0.717) is 0 Å². The van der Waals surface area contributed by atoms with Gasteiger partial charge in [-0.05, 0) is 12.1 Å². The van der Waals surface area contributed by atoms with Gasteiger partial charge in [-0.2, -0.15) is 0 Å². The van der Waals surface area contributed by atoms with Gasteiger partial charge in [0.05, 0.1) is 11.3 Å². The zero-order valence-corrected chi connectivity index (χ0v) is 10.9. The van der Waals surface area contributed by atoms with E-state index in [4.69, 9.17) is 5.73 Å². The van der Waals surface area contributed by atoms with Crippen LogP contribution in [0.25, 0.3) is 11.4 Å². The number of H-pyrrole nitrogens is 1. The van der Waals surface area contributed by atoms with Gasteiger partial charge in [0.25, 0.3) is 0 Å². The molecule has 0 aliphatic carbocycles. The third kappa shape index (κ3) is 3.54. The standard InChI is InChI=1S/C11H10FN5O2S/c12-7-4-2-1-3-6(7)9-15-11(17-16-9)20-5-8(18)14-10(13)19/h1-4H,5H2,(H,15,16,17)(H3,13,14,18,19). The highest BCUT2D eigenvalue weighted by Gasteiger charge is 2.12. The van der Waals surface area contributed by atoms with E-state index in [1.165, 1.54) is 6.07 Å². The number of urea groups is 1. The normalized spacial score (nSPS) is 10.2. The average Bonchev–Trinajstić information content (AvgIpc) is 2.85. The molecule has 0 aliphatic rings. The molecule has 104 valence electrons. The van der Waals surface area contributed by atoms with Gasteiger partial charge in [0.15, 0.2) is 5.82 Å². The number of aromatic amines is 1. The van der Waals surface area contributed by atoms with Crippen molar-refractivity contribution in [2.75, 3.05) is 5.75 Å². The molecule has 0 radical (unpaired) electrons. The highest BCUT2D eigenvalue weighted by Crippen LogP contribution is 2.21. The number of carbonyl (C=O) groups excluding carboxylic acids is 2. The van der Waals surface area contributed by atoms with Gasteiger partial charge >= 0.3 is 6.03 Å². The summed E-state index contributed by atoms with van der Waals surface area (Å²) in [5.41, 5.74) is 5.09. The number of rotatable bonds is 4. The topological polar surface area (TPSA) is 114 Å². The number of carbonyl (C=O) groups is 2. The van der Waals surface area contributed by atoms with Crippen LogP contribution in [0.1, 0.15) is 0 Å². The van der Waals surface area contributed by atoms with Crippen LogP contribution in [0.4, 0.5) is 9.18 Å². The first-order valence-corrected chi connectivity index (χ1v) is 6.44. The minimum Gasteiger partial charge on any atom is -0.351 e. The summed E-state index contributed by atoms with van der Waals surface area (Å²) in [5.74, 6) is -0.787. The smallest absolute Gasteiger partial charge is 0.318 e. The first kappa shape index (κ1) is 14.0. The van der Waals surface area contributed by atoms with Crippen molar-refractivity contribution in [3.8, 4) is 11.4 Å². The lowest BCUT2D eigenvalue weighted by Gasteiger charge is -1.98. The van der Waals surface area contributed by atoms with Gasteiger partial charge in [0, 0.05) is 0 Å². The number of imide groups is 1. The molecule has 2 rings (SSSR count). The number of aromatic nitrogens is 3. The van der Waals surface area contributed by atoms with Gasteiger partial charge in [-0.15, -0.1) is 5.10 Å². The summed E-state index contributed by atoms with van der Waals surface area (Å²) in [5, 5.41) is 8.61. The number of halogens is 1. The van der Waals surface area contributed by atoms with Crippen LogP contribution in [0.2, 0.25) is 0 Å². The summed E-state index contributed by atoms with van der Waals surface area (Å²) in [4.78, 5) is 25.7. The van der Waals surface area contributed by atoms with Crippen LogP contribution in [0.5, 0.6) is 0 Å². The van der Waals surface area contributed by atoms with Crippen molar-refractivity contribution in [2.24, 2.45) is 5.73 Å². The van der Waals surface area contributed by atoms with E-state index >= 15 is 0 Å². The zero-order valence-electron chi connectivity index (χ0n) is 10.1. The lowest BCUT2D eigenvalue weighted by atomic mass is 10.2. The molecule has 1 aromatic carbocycles. The van der Waals surface area contributed by atoms with E-state index in [1.54, 1.807) is 18.2 Å². The molecule has 9 heteroatoms. The number of nitrogens with zero attached hydrogens (tertiary/aromatic N) is 2. The van der Waals surface area contributed by atoms with E-state index in [1.807, 2.05) is 5.32 Å². The Labute approximate surface area is 117 Å². The second-order valence-electron chi connectivity index (χ2n) is 3.65. The van der Waals surface area contributed by atoms with Crippen molar-refractivity contribution >= 4 is 23.7 Å². The zero-order chi connectivity index (χ0) is 14.5. The lowest BCUT2D eigenvalue weighted by Crippen LogP contribution is -2.36. The number of primary amides is 1. The SMILES string of the molecule is NC(=O)NC(=O)CSc1n[nH]c(-c2ccccc2F)n1. The van der Waals surface area contributed by atoms with E-state index in [9.17, 15) is 14.0 Å². The van der Waals surface area contributed by atoms with Crippen molar-refractivity contribution in [1.82, 2.24) is 20.5 Å². The molecule has 4 N–H and O–H groups in total. The molecule has 0 spiro atoms. The van der Waals surface area contributed by atoms with Crippen molar-refractivity contribution in [3.05, 3.63) is 30.1 Å². The summed E-state index contributed by atoms with van der Waals surface area (Å²) >= 11 is 0.996. The Morgan fingerprint density at radius 3 is 2.85 bits per heavy atom. The predicted octanol–water partition coefficient (Wildman–Crippen LogP) is 0.898. The third-order valence-corrected chi connectivity index (χ3v) is 3.04. The van der Waals surface area contributed by atoms with Crippen LogP contribution in [-0.4, -0.2) is 32.9 Å². The fourth-order valence-corrected chi connectivity index (χ4v) is 1.99. The Hall–Kier alpha value is -2.42. The maximum Gasteiger partial charge on any atom is 0.318 e. The second-order valence-corrected chi connectivity index (χ2v) is 4.59. The molecule has 1 heterocycles. The molecule has 0 saturated carbocycles. The molecule has 20 heavy (non-hydrogen) atoms. The summed E-state index contributed by atoms with van der Waals surface area (Å²) < 4.78 is 13.5. The van der Waals surface area contributed by atoms with Gasteiger partial charge in [-0.1, -0.05) is 23.9 Å². The summed E-state index contributed by atoms with van der Waals surface area (Å²) in [6.07, 6.45) is 0. The number of amides is 3. The van der Waals surface area contributed by atoms with Gasteiger partial charge in [0.2, 0.25) is 11.1 Å². The van der Waals surface area contributed by atoms with Gasteiger partial charge < -0.3 is 5.73 Å². The number of hydrogen-bond donors (Lipinski definition) is 3. The second kappa shape index (κ2) is 6.15. The van der Waals surface area contributed by atoms with E-state index in [-0.39, 0.29) is 22.3 Å². The number of hydrogen-bond acceptors (Lipinski definition) is 5. The van der Waals surface area contributed by atoms with Crippen LogP contribution >= 0.6 is 11.8 Å². The van der Waals surface area contributed by atoms with Crippen LogP contribution in [0.15, 0.2) is 29.4 Å². The molecule has 2 aromatic rings. The van der Waals surface area contributed by atoms with Crippen molar-refractivity contribution in [2.45, 2.75) is 5.16 Å². The molecule has 7 nitrogen and oxygen atoms in total. The van der Waals surface area contributed by atoms with Gasteiger partial charge in [0.1, 0.15) is 5.82 Å². The maximum absolute atomic E-state index is 13.5. The summed E-state index contributed by atoms with van der Waals surface area (Å²) in [6.45, 7) is 0. The summed E-state index contributed by atoms with van der Waals surface area (Å²) in [7, 11) is 0. The number of nitrogens with two attached hydrogens (primary N) is 1. The largest absolute Gasteiger partial charge is 0.351 e. The average molecular weight is 295 g/mol. The van der Waals surface area contributed by atoms with Crippen LogP contribution in [0, 0.1) is 5.82 Å². The number of thioether (sulfide) groups is 1. The fourth-order valence-electron chi connectivity index (χ4n) is 1.39. The Morgan fingerprint density at radius 1 is 1.40 bits per heavy atom. The predicted molar refractivity (Wildman–Crippen MR) is 70.2 cm³/mol. The minimum absolute atomic E-state index is 0.0719. The molecular weight excluding hydrogens is 285 g/mol. The van der Waals surface area contributed by atoms with Gasteiger partial charge in [-0.25, -0.2) is 14.2 Å². The Morgan fingerprint density at radius 2 is 2.15 bits per heavy atom. The Kier molecular flexibility index (Phi) is 4.31. The molecule has 3 amide bonds. The molecule has 0 fully saturated rings. The molecule has 0 aliphatic heterocycles. The van der Waals surface area contributed by atoms with Crippen molar-refractivity contribution < 1.29 is 14.0 Å². The quantitative estimate of drug-likeness (QED) is 0.725. The fraction of sp³-hybridized carbons (Fsp3) is 0.0909. The molecule has 0 atom stereocenters. The van der Waals surface area contributed by atoms with E-state index in [0.717, 1.165) is 11.8 Å². The monoisotopic (exact) mass is 295 g/mol. The molecule has 0 bridgehead atoms. The minimum atomic E-state index is -0.919. The lowest BCUT2D eigenvalue weighted by molar-refractivity contribution is -0.117. The number of nitrogens with one attached hydrogen (secondary N) is 2. The van der Waals surface area contributed by atoms with E-state index in [2.05, 4.69) is 15.2 Å². The number of benzene rings is 1. The molecule has 0 saturated heterocycles. The first-order chi connectivity index (χ1) is 9.56. The van der Waals surface area contributed by atoms with E-state index < -0.39 is 17.8 Å². The molecular formula is C11H10FN5O2S. The third-order valence-electron chi connectivity index (χ3n) is 2.19. The summed E-state index contributed by atoms with van der Waals surface area (Å²) in [6, 6.07) is 5.19. The maximum atomic E-state index is 13.5. The van der Waals surface area contributed by atoms with Crippen molar-refractivity contribution in [1.29, 1.82) is 0 Å². The highest BCUT2D eigenvalue weighted by atomic mass is 32.2. The molecule has 1 aromatic heterocycles. The highest BCUT2D eigenvalue weighted by molar-refractivity contribution is 7.99. The Bertz CT molecular complexity index is 645. The molecule has 0 unspecified atom stereocenters. The van der Waals surface area contributed by atoms with Crippen LogP contribution in [-0.2, 0) is 4.79 Å². The first-order valence-electron chi connectivity index (χ1n) is 5.45. The Balaban J connectivity index is 2.01. The van der Waals surface area contributed by atoms with Crippen molar-refractivity contribution in [3.63, 3.8) is 0 Å². The van der Waals surface area contributed by atoms with Crippen LogP contribution < -0.4 is 11.1 Å². The van der Waals surface area contributed by atoms with Crippen LogP contribution in [0.3, 0.4) is 0 Å². The van der Waals surface area contributed by atoms with Gasteiger partial charge in [-0.3, -0.25) is 15.2 Å².